The normalized spacial score (nSPS) is 14.6. The lowest BCUT2D eigenvalue weighted by Gasteiger charge is -2.43. The molecule has 0 saturated carbocycles. The molecular weight excluding hydrogens is 731 g/mol. The standard InChI is InChI=1S/C55H33BN2O2/c1-55(2)39-20-8-5-17-36(39)48-40(55)29-38-49-43(28-26-35-33-16-7-10-24-46(33)60-54(35)49)58(44-22-12-18-34-32-15-6-9-23-45(32)59-53(34)44)56-41-21-11-19-37-47-31-14-4-3-13-30(31)25-27-42(47)57(51(37)41)52(48)50(38)56/h3-29H,1-2H3. The van der Waals surface area contributed by atoms with Crippen LogP contribution in [-0.2, 0) is 5.41 Å². The van der Waals surface area contributed by atoms with Gasteiger partial charge in [-0.05, 0) is 86.4 Å². The molecule has 0 N–H and O–H groups in total. The Bertz CT molecular complexity index is 3960. The molecule has 3 aliphatic rings. The van der Waals surface area contributed by atoms with Gasteiger partial charge in [-0.25, -0.2) is 0 Å². The third-order valence-corrected chi connectivity index (χ3v) is 14.3. The molecule has 9 aromatic carbocycles. The van der Waals surface area contributed by atoms with Crippen LogP contribution < -0.4 is 15.7 Å². The number of furan rings is 2. The van der Waals surface area contributed by atoms with Gasteiger partial charge in [0.15, 0.2) is 5.58 Å². The minimum atomic E-state index is -0.238. The van der Waals surface area contributed by atoms with E-state index in [1.54, 1.807) is 0 Å². The molecule has 15 rings (SSSR count). The fourth-order valence-electron chi connectivity index (χ4n) is 11.9. The Morgan fingerprint density at radius 2 is 1.18 bits per heavy atom. The van der Waals surface area contributed by atoms with Crippen LogP contribution in [0.3, 0.4) is 0 Å². The summed E-state index contributed by atoms with van der Waals surface area (Å²) < 4.78 is 16.6. The molecule has 1 aliphatic carbocycles. The Hall–Kier alpha value is -7.50. The number of anilines is 2. The van der Waals surface area contributed by atoms with Gasteiger partial charge in [0.05, 0.1) is 22.4 Å². The van der Waals surface area contributed by atoms with Gasteiger partial charge in [0, 0.05) is 54.5 Å². The lowest BCUT2D eigenvalue weighted by Crippen LogP contribution is -2.60. The van der Waals surface area contributed by atoms with Gasteiger partial charge in [-0.3, -0.25) is 0 Å². The van der Waals surface area contributed by atoms with E-state index in [2.05, 4.69) is 187 Å². The maximum Gasteiger partial charge on any atom is 0.333 e. The molecule has 4 nitrogen and oxygen atoms in total. The minimum Gasteiger partial charge on any atom is -0.455 e. The second-order valence-electron chi connectivity index (χ2n) is 17.5. The summed E-state index contributed by atoms with van der Waals surface area (Å²) in [6.07, 6.45) is 0. The van der Waals surface area contributed by atoms with Crippen LogP contribution in [0.4, 0.5) is 11.4 Å². The summed E-state index contributed by atoms with van der Waals surface area (Å²) in [6, 6.07) is 60.3. The Morgan fingerprint density at radius 3 is 2.03 bits per heavy atom. The van der Waals surface area contributed by atoms with Gasteiger partial charge in [0.2, 0.25) is 0 Å². The highest BCUT2D eigenvalue weighted by Crippen LogP contribution is 2.57. The van der Waals surface area contributed by atoms with Crippen molar-refractivity contribution in [2.75, 3.05) is 4.81 Å². The predicted molar refractivity (Wildman–Crippen MR) is 249 cm³/mol. The van der Waals surface area contributed by atoms with Crippen molar-refractivity contribution in [3.63, 3.8) is 0 Å². The van der Waals surface area contributed by atoms with Gasteiger partial charge in [-0.15, -0.1) is 0 Å². The molecule has 2 aliphatic heterocycles. The lowest BCUT2D eigenvalue weighted by atomic mass is 9.43. The molecule has 0 radical (unpaired) electrons. The van der Waals surface area contributed by atoms with E-state index in [0.717, 1.165) is 60.8 Å². The van der Waals surface area contributed by atoms with E-state index in [0.29, 0.717) is 0 Å². The Labute approximate surface area is 344 Å². The number of hydrogen-bond donors (Lipinski definition) is 0. The van der Waals surface area contributed by atoms with Crippen molar-refractivity contribution in [3.05, 3.63) is 175 Å². The zero-order valence-electron chi connectivity index (χ0n) is 32.9. The molecule has 0 amide bonds. The van der Waals surface area contributed by atoms with Crippen LogP contribution >= 0.6 is 0 Å². The second kappa shape index (κ2) is 10.6. The van der Waals surface area contributed by atoms with Crippen molar-refractivity contribution >= 4 is 106 Å². The molecule has 0 saturated heterocycles. The van der Waals surface area contributed by atoms with Crippen LogP contribution in [0, 0.1) is 0 Å². The number of para-hydroxylation sites is 4. The van der Waals surface area contributed by atoms with E-state index in [1.807, 2.05) is 0 Å². The molecule has 5 heterocycles. The first kappa shape index (κ1) is 31.5. The van der Waals surface area contributed by atoms with E-state index in [9.17, 15) is 0 Å². The number of rotatable bonds is 1. The molecule has 0 unspecified atom stereocenters. The lowest BCUT2D eigenvalue weighted by molar-refractivity contribution is 0.660. The van der Waals surface area contributed by atoms with E-state index in [-0.39, 0.29) is 12.3 Å². The molecule has 5 heteroatoms. The summed E-state index contributed by atoms with van der Waals surface area (Å²) in [4.78, 5) is 2.59. The highest BCUT2D eigenvalue weighted by molar-refractivity contribution is 6.94. The molecular formula is C55H33BN2O2. The zero-order chi connectivity index (χ0) is 39.2. The third-order valence-electron chi connectivity index (χ3n) is 14.3. The molecule has 12 aromatic rings. The van der Waals surface area contributed by atoms with Crippen molar-refractivity contribution in [3.8, 4) is 27.9 Å². The van der Waals surface area contributed by atoms with Gasteiger partial charge >= 0.3 is 6.85 Å². The maximum atomic E-state index is 7.06. The summed E-state index contributed by atoms with van der Waals surface area (Å²) in [6.45, 7) is 4.63. The molecule has 0 bridgehead atoms. The molecule has 0 spiro atoms. The van der Waals surface area contributed by atoms with Crippen LogP contribution in [0.5, 0.6) is 0 Å². The van der Waals surface area contributed by atoms with Crippen LogP contribution in [0.2, 0.25) is 0 Å². The Balaban J connectivity index is 1.20. The maximum absolute atomic E-state index is 7.06. The van der Waals surface area contributed by atoms with Crippen molar-refractivity contribution in [2.45, 2.75) is 19.3 Å². The number of nitrogens with zero attached hydrogens (tertiary/aromatic N) is 2. The van der Waals surface area contributed by atoms with Gasteiger partial charge in [0.25, 0.3) is 0 Å². The summed E-state index contributed by atoms with van der Waals surface area (Å²) >= 11 is 0. The third kappa shape index (κ3) is 3.56. The average Bonchev–Trinajstić information content (AvgIpc) is 4.02. The van der Waals surface area contributed by atoms with E-state index < -0.39 is 0 Å². The Morgan fingerprint density at radius 1 is 0.500 bits per heavy atom. The molecule has 278 valence electrons. The molecule has 3 aromatic heterocycles. The van der Waals surface area contributed by atoms with Crippen molar-refractivity contribution in [1.29, 1.82) is 0 Å². The van der Waals surface area contributed by atoms with Gasteiger partial charge in [0.1, 0.15) is 16.7 Å². The fourth-order valence-corrected chi connectivity index (χ4v) is 11.9. The van der Waals surface area contributed by atoms with Gasteiger partial charge in [-0.2, -0.15) is 0 Å². The summed E-state index contributed by atoms with van der Waals surface area (Å²) in [5.74, 6) is 0. The Kier molecular flexibility index (Phi) is 5.55. The fraction of sp³-hybridized carbons (Fsp3) is 0.0545. The monoisotopic (exact) mass is 764 g/mol. The summed E-state index contributed by atoms with van der Waals surface area (Å²) in [5, 5.41) is 9.57. The second-order valence-corrected chi connectivity index (χ2v) is 17.5. The SMILES string of the molecule is CC1(C)c2ccccc2-c2c1cc1c3c2-n2c4ccc5ccccc5c4c4cccc(c42)B3N(c2cccc3c2oc2ccccc23)c2ccc3c(oc4ccccc43)c2-1. The van der Waals surface area contributed by atoms with Crippen LogP contribution in [0.25, 0.3) is 104 Å². The average molecular weight is 765 g/mol. The van der Waals surface area contributed by atoms with E-state index >= 15 is 0 Å². The molecule has 60 heavy (non-hydrogen) atoms. The smallest absolute Gasteiger partial charge is 0.333 e. The first-order valence-corrected chi connectivity index (χ1v) is 21.0. The number of benzene rings is 9. The largest absolute Gasteiger partial charge is 0.455 e. The van der Waals surface area contributed by atoms with Crippen molar-refractivity contribution in [2.24, 2.45) is 0 Å². The highest BCUT2D eigenvalue weighted by atomic mass is 16.3. The van der Waals surface area contributed by atoms with Crippen LogP contribution in [0.15, 0.2) is 173 Å². The highest BCUT2D eigenvalue weighted by Gasteiger charge is 2.49. The van der Waals surface area contributed by atoms with Crippen LogP contribution in [-0.4, -0.2) is 11.4 Å². The predicted octanol–water partition coefficient (Wildman–Crippen LogP) is 13.3. The molecule has 0 fully saturated rings. The quantitative estimate of drug-likeness (QED) is 0.156. The van der Waals surface area contributed by atoms with E-state index in [1.165, 1.54) is 77.0 Å². The van der Waals surface area contributed by atoms with Crippen LogP contribution in [0.1, 0.15) is 25.0 Å². The number of aromatic nitrogens is 1. The minimum absolute atomic E-state index is 0.184. The van der Waals surface area contributed by atoms with Gasteiger partial charge in [-0.1, -0.05) is 135 Å². The molecule has 0 atom stereocenters. The topological polar surface area (TPSA) is 34.5 Å². The first-order valence-electron chi connectivity index (χ1n) is 21.0. The summed E-state index contributed by atoms with van der Waals surface area (Å²) in [7, 11) is 0. The van der Waals surface area contributed by atoms with Gasteiger partial charge < -0.3 is 18.2 Å². The first-order chi connectivity index (χ1) is 29.6. The van der Waals surface area contributed by atoms with Crippen molar-refractivity contribution in [1.82, 2.24) is 4.57 Å². The number of hydrogen-bond acceptors (Lipinski definition) is 3. The zero-order valence-corrected chi connectivity index (χ0v) is 32.9. The van der Waals surface area contributed by atoms with Crippen molar-refractivity contribution < 1.29 is 8.83 Å². The number of fused-ring (bicyclic) bond motifs is 20. The van der Waals surface area contributed by atoms with E-state index in [4.69, 9.17) is 8.83 Å². The summed E-state index contributed by atoms with van der Waals surface area (Å²) in [5.41, 5.74) is 19.5.